The van der Waals surface area contributed by atoms with Crippen molar-refractivity contribution in [3.05, 3.63) is 23.8 Å². The van der Waals surface area contributed by atoms with Gasteiger partial charge in [0.2, 0.25) is 5.91 Å². The van der Waals surface area contributed by atoms with Crippen LogP contribution in [0.15, 0.2) is 18.2 Å². The van der Waals surface area contributed by atoms with Gasteiger partial charge in [0.25, 0.3) is 0 Å². The van der Waals surface area contributed by atoms with Crippen LogP contribution in [0.3, 0.4) is 0 Å². The number of amides is 1. The van der Waals surface area contributed by atoms with Crippen molar-refractivity contribution in [3.8, 4) is 5.75 Å². The summed E-state index contributed by atoms with van der Waals surface area (Å²) in [6.07, 6.45) is 1.85. The summed E-state index contributed by atoms with van der Waals surface area (Å²) in [5.74, 6) is -0.927. The molecule has 6 nitrogen and oxygen atoms in total. The van der Waals surface area contributed by atoms with Gasteiger partial charge in [0, 0.05) is 0 Å². The lowest BCUT2D eigenvalue weighted by molar-refractivity contribution is -0.121. The maximum Gasteiger partial charge on any atom is 0.337 e. The third kappa shape index (κ3) is 2.75. The van der Waals surface area contributed by atoms with E-state index in [2.05, 4.69) is 5.32 Å². The van der Waals surface area contributed by atoms with Crippen LogP contribution in [0.1, 0.15) is 30.1 Å². The number of carboxylic acids is 1. The van der Waals surface area contributed by atoms with Gasteiger partial charge in [-0.25, -0.2) is 4.79 Å². The first-order valence-corrected chi connectivity index (χ1v) is 6.38. The van der Waals surface area contributed by atoms with E-state index in [0.29, 0.717) is 5.75 Å². The van der Waals surface area contributed by atoms with Crippen LogP contribution < -0.4 is 15.8 Å². The van der Waals surface area contributed by atoms with E-state index in [1.807, 2.05) is 0 Å². The largest absolute Gasteiger partial charge is 0.497 e. The fraction of sp³-hybridized carbons (Fsp3) is 0.429. The van der Waals surface area contributed by atoms with Crippen LogP contribution in [0.25, 0.3) is 0 Å². The van der Waals surface area contributed by atoms with Crippen LogP contribution in [0, 0.1) is 5.92 Å². The van der Waals surface area contributed by atoms with Crippen molar-refractivity contribution in [3.63, 3.8) is 0 Å². The molecule has 0 bridgehead atoms. The molecule has 1 aliphatic rings. The number of carbonyl (C=O) groups is 2. The quantitative estimate of drug-likeness (QED) is 0.756. The topological polar surface area (TPSA) is 102 Å². The number of benzene rings is 1. The number of rotatable bonds is 5. The fourth-order valence-electron chi connectivity index (χ4n) is 2.06. The number of carbonyl (C=O) groups excluding carboxylic acids is 1. The molecule has 0 saturated heterocycles. The maximum atomic E-state index is 12.2. The Balaban J connectivity index is 2.24. The summed E-state index contributed by atoms with van der Waals surface area (Å²) in [6.45, 7) is 1.67. The number of ether oxygens (including phenoxy) is 1. The summed E-state index contributed by atoms with van der Waals surface area (Å²) in [4.78, 5) is 23.4. The first kappa shape index (κ1) is 14.3. The summed E-state index contributed by atoms with van der Waals surface area (Å²) in [7, 11) is 1.45. The molecule has 1 aliphatic carbocycles. The zero-order chi connectivity index (χ0) is 14.9. The molecule has 0 spiro atoms. The molecule has 2 rings (SSSR count). The number of hydrogen-bond donors (Lipinski definition) is 3. The molecule has 0 radical (unpaired) electrons. The Hall–Kier alpha value is -2.08. The molecule has 0 aliphatic heterocycles. The minimum atomic E-state index is -1.13. The molecule has 108 valence electrons. The van der Waals surface area contributed by atoms with E-state index in [1.165, 1.54) is 19.2 Å². The van der Waals surface area contributed by atoms with Crippen LogP contribution in [0.5, 0.6) is 5.75 Å². The predicted octanol–water partition coefficient (Wildman–Crippen LogP) is 1.46. The molecule has 6 heteroatoms. The molecular formula is C14H18N2O4. The minimum Gasteiger partial charge on any atom is -0.497 e. The standard InChI is InChI=1S/C14H18N2O4/c1-14(15,8-3-4-8)13(19)16-11-6-5-9(20-2)7-10(11)12(17)18/h5-8H,3-4,15H2,1-2H3,(H,16,19)(H,17,18). The highest BCUT2D eigenvalue weighted by Crippen LogP contribution is 2.38. The van der Waals surface area contributed by atoms with Gasteiger partial charge in [0.05, 0.1) is 23.9 Å². The van der Waals surface area contributed by atoms with E-state index >= 15 is 0 Å². The first-order valence-electron chi connectivity index (χ1n) is 6.38. The van der Waals surface area contributed by atoms with Gasteiger partial charge in [0.1, 0.15) is 5.75 Å². The van der Waals surface area contributed by atoms with Crippen molar-refractivity contribution in [1.82, 2.24) is 0 Å². The molecule has 0 heterocycles. The lowest BCUT2D eigenvalue weighted by Crippen LogP contribution is -2.50. The molecule has 1 aromatic rings. The second kappa shape index (κ2) is 5.13. The number of hydrogen-bond acceptors (Lipinski definition) is 4. The summed E-state index contributed by atoms with van der Waals surface area (Å²) >= 11 is 0. The SMILES string of the molecule is COc1ccc(NC(=O)C(C)(N)C2CC2)c(C(=O)O)c1. The Kier molecular flexibility index (Phi) is 3.67. The van der Waals surface area contributed by atoms with E-state index < -0.39 is 11.5 Å². The number of methoxy groups -OCH3 is 1. The van der Waals surface area contributed by atoms with Gasteiger partial charge in [-0.3, -0.25) is 4.79 Å². The Morgan fingerprint density at radius 3 is 2.60 bits per heavy atom. The van der Waals surface area contributed by atoms with Crippen molar-refractivity contribution in [1.29, 1.82) is 0 Å². The molecule has 20 heavy (non-hydrogen) atoms. The van der Waals surface area contributed by atoms with E-state index in [0.717, 1.165) is 12.8 Å². The normalized spacial score (nSPS) is 17.1. The second-order valence-electron chi connectivity index (χ2n) is 5.23. The van der Waals surface area contributed by atoms with Crippen LogP contribution in [-0.4, -0.2) is 29.6 Å². The van der Waals surface area contributed by atoms with Crippen molar-refractivity contribution in [2.75, 3.05) is 12.4 Å². The third-order valence-electron chi connectivity index (χ3n) is 3.62. The number of nitrogens with two attached hydrogens (primary N) is 1. The van der Waals surface area contributed by atoms with Gasteiger partial charge in [-0.1, -0.05) is 0 Å². The number of aromatic carboxylic acids is 1. The van der Waals surface area contributed by atoms with Gasteiger partial charge < -0.3 is 20.9 Å². The molecule has 1 aromatic carbocycles. The first-order chi connectivity index (χ1) is 9.36. The van der Waals surface area contributed by atoms with E-state index in [-0.39, 0.29) is 23.1 Å². The lowest BCUT2D eigenvalue weighted by Gasteiger charge is -2.23. The van der Waals surface area contributed by atoms with Crippen molar-refractivity contribution in [2.45, 2.75) is 25.3 Å². The predicted molar refractivity (Wildman–Crippen MR) is 73.9 cm³/mol. The average Bonchev–Trinajstić information content (AvgIpc) is 3.23. The average molecular weight is 278 g/mol. The van der Waals surface area contributed by atoms with E-state index in [1.54, 1.807) is 13.0 Å². The third-order valence-corrected chi connectivity index (χ3v) is 3.62. The van der Waals surface area contributed by atoms with Crippen molar-refractivity contribution in [2.24, 2.45) is 11.7 Å². The highest BCUT2D eigenvalue weighted by molar-refractivity contribution is 6.04. The Bertz CT molecular complexity index is 550. The number of anilines is 1. The van der Waals surface area contributed by atoms with Crippen molar-refractivity contribution >= 4 is 17.6 Å². The molecule has 1 saturated carbocycles. The Morgan fingerprint density at radius 2 is 2.10 bits per heavy atom. The number of carboxylic acid groups (broad SMARTS) is 1. The Morgan fingerprint density at radius 1 is 1.45 bits per heavy atom. The lowest BCUT2D eigenvalue weighted by atomic mass is 9.96. The summed E-state index contributed by atoms with van der Waals surface area (Å²) in [5.41, 5.74) is 5.23. The van der Waals surface area contributed by atoms with Gasteiger partial charge in [-0.15, -0.1) is 0 Å². The molecule has 0 aromatic heterocycles. The second-order valence-corrected chi connectivity index (χ2v) is 5.23. The molecule has 4 N–H and O–H groups in total. The van der Waals surface area contributed by atoms with Gasteiger partial charge in [0.15, 0.2) is 0 Å². The molecule has 1 unspecified atom stereocenters. The van der Waals surface area contributed by atoms with Gasteiger partial charge in [-0.2, -0.15) is 0 Å². The summed E-state index contributed by atoms with van der Waals surface area (Å²) in [5, 5.41) is 11.8. The molecule has 1 amide bonds. The molecule has 1 atom stereocenters. The van der Waals surface area contributed by atoms with Gasteiger partial charge >= 0.3 is 5.97 Å². The van der Waals surface area contributed by atoms with Crippen LogP contribution in [0.2, 0.25) is 0 Å². The van der Waals surface area contributed by atoms with Crippen LogP contribution in [0.4, 0.5) is 5.69 Å². The maximum absolute atomic E-state index is 12.2. The monoisotopic (exact) mass is 278 g/mol. The van der Waals surface area contributed by atoms with E-state index in [4.69, 9.17) is 10.5 Å². The summed E-state index contributed by atoms with van der Waals surface area (Å²) < 4.78 is 4.98. The minimum absolute atomic E-state index is 0.0238. The zero-order valence-corrected chi connectivity index (χ0v) is 11.5. The smallest absolute Gasteiger partial charge is 0.337 e. The van der Waals surface area contributed by atoms with Crippen molar-refractivity contribution < 1.29 is 19.4 Å². The fourth-order valence-corrected chi connectivity index (χ4v) is 2.06. The molecule has 1 fully saturated rings. The zero-order valence-electron chi connectivity index (χ0n) is 11.5. The van der Waals surface area contributed by atoms with Gasteiger partial charge in [-0.05, 0) is 43.9 Å². The number of nitrogens with one attached hydrogen (secondary N) is 1. The highest BCUT2D eigenvalue weighted by atomic mass is 16.5. The highest BCUT2D eigenvalue weighted by Gasteiger charge is 2.44. The molecular weight excluding hydrogens is 260 g/mol. The Labute approximate surface area is 116 Å². The van der Waals surface area contributed by atoms with Crippen LogP contribution >= 0.6 is 0 Å². The summed E-state index contributed by atoms with van der Waals surface area (Å²) in [6, 6.07) is 4.46. The van der Waals surface area contributed by atoms with Crippen LogP contribution in [-0.2, 0) is 4.79 Å². The van der Waals surface area contributed by atoms with E-state index in [9.17, 15) is 14.7 Å².